The maximum absolute atomic E-state index is 13.3. The molecule has 1 heterocycles. The SMILES string of the molecule is Cc1cc(/N=C/N2CCCCC2)c(C)cc1Cc1ccc(F)c(Cl)c1. The van der Waals surface area contributed by atoms with Crippen LogP contribution >= 0.6 is 11.6 Å². The summed E-state index contributed by atoms with van der Waals surface area (Å²) >= 11 is 5.89. The molecule has 2 nitrogen and oxygen atoms in total. The van der Waals surface area contributed by atoms with E-state index in [2.05, 4.69) is 30.9 Å². The highest BCUT2D eigenvalue weighted by Gasteiger charge is 2.09. The van der Waals surface area contributed by atoms with Gasteiger partial charge < -0.3 is 4.90 Å². The smallest absolute Gasteiger partial charge is 0.141 e. The van der Waals surface area contributed by atoms with Gasteiger partial charge in [-0.05, 0) is 80.0 Å². The summed E-state index contributed by atoms with van der Waals surface area (Å²) in [5.74, 6) is -0.374. The second-order valence-corrected chi connectivity index (χ2v) is 7.24. The van der Waals surface area contributed by atoms with Crippen LogP contribution in [-0.2, 0) is 6.42 Å². The lowest BCUT2D eigenvalue weighted by Crippen LogP contribution is -2.28. The number of likely N-dealkylation sites (tertiary alicyclic amines) is 1. The van der Waals surface area contributed by atoms with Crippen LogP contribution in [0.4, 0.5) is 10.1 Å². The first-order chi connectivity index (χ1) is 12.0. The highest BCUT2D eigenvalue weighted by Crippen LogP contribution is 2.26. The van der Waals surface area contributed by atoms with Gasteiger partial charge in [0.1, 0.15) is 5.82 Å². The van der Waals surface area contributed by atoms with E-state index in [4.69, 9.17) is 16.6 Å². The van der Waals surface area contributed by atoms with Crippen molar-refractivity contribution in [1.29, 1.82) is 0 Å². The van der Waals surface area contributed by atoms with Crippen molar-refractivity contribution in [2.75, 3.05) is 13.1 Å². The molecule has 2 aromatic rings. The van der Waals surface area contributed by atoms with Gasteiger partial charge in [-0.1, -0.05) is 23.7 Å². The molecule has 3 rings (SSSR count). The maximum atomic E-state index is 13.3. The first-order valence-corrected chi connectivity index (χ1v) is 9.23. The number of aryl methyl sites for hydroxylation is 2. The van der Waals surface area contributed by atoms with Gasteiger partial charge >= 0.3 is 0 Å². The van der Waals surface area contributed by atoms with E-state index in [0.29, 0.717) is 0 Å². The van der Waals surface area contributed by atoms with Crippen molar-refractivity contribution in [3.63, 3.8) is 0 Å². The molecule has 0 atom stereocenters. The van der Waals surface area contributed by atoms with Crippen molar-refractivity contribution in [2.45, 2.75) is 39.5 Å². The fraction of sp³-hybridized carbons (Fsp3) is 0.381. The number of piperidine rings is 1. The zero-order chi connectivity index (χ0) is 17.8. The molecule has 0 N–H and O–H groups in total. The summed E-state index contributed by atoms with van der Waals surface area (Å²) in [6, 6.07) is 9.23. The molecule has 2 aromatic carbocycles. The first kappa shape index (κ1) is 17.9. The molecule has 0 bridgehead atoms. The maximum Gasteiger partial charge on any atom is 0.141 e. The molecule has 0 spiro atoms. The summed E-state index contributed by atoms with van der Waals surface area (Å²) in [5, 5.41) is 0.176. The Bertz CT molecular complexity index is 780. The quantitative estimate of drug-likeness (QED) is 0.495. The second-order valence-electron chi connectivity index (χ2n) is 6.83. The largest absolute Gasteiger partial charge is 0.363 e. The Kier molecular flexibility index (Phi) is 5.74. The number of rotatable bonds is 4. The lowest BCUT2D eigenvalue weighted by Gasteiger charge is -2.24. The van der Waals surface area contributed by atoms with Crippen molar-refractivity contribution < 1.29 is 4.39 Å². The Labute approximate surface area is 154 Å². The zero-order valence-corrected chi connectivity index (χ0v) is 15.6. The van der Waals surface area contributed by atoms with Gasteiger partial charge in [-0.2, -0.15) is 0 Å². The molecule has 1 aliphatic rings. The number of benzene rings is 2. The third-order valence-electron chi connectivity index (χ3n) is 4.78. The van der Waals surface area contributed by atoms with E-state index in [1.165, 1.54) is 36.5 Å². The molecule has 0 aromatic heterocycles. The number of nitrogens with zero attached hydrogens (tertiary/aromatic N) is 2. The zero-order valence-electron chi connectivity index (χ0n) is 14.9. The van der Waals surface area contributed by atoms with E-state index in [1.807, 2.05) is 6.34 Å². The third kappa shape index (κ3) is 4.60. The Balaban J connectivity index is 1.77. The fourth-order valence-electron chi connectivity index (χ4n) is 3.24. The van der Waals surface area contributed by atoms with Crippen molar-refractivity contribution >= 4 is 23.6 Å². The lowest BCUT2D eigenvalue weighted by atomic mass is 9.97. The summed E-state index contributed by atoms with van der Waals surface area (Å²) in [7, 11) is 0. The predicted molar refractivity (Wildman–Crippen MR) is 104 cm³/mol. The standard InChI is InChI=1S/C21H24ClFN2/c1-15-11-21(24-14-25-8-4-3-5-9-25)16(2)10-18(15)12-17-6-7-20(23)19(22)13-17/h6-7,10-11,13-14H,3-5,8-9,12H2,1-2H3/b24-14+. The summed E-state index contributed by atoms with van der Waals surface area (Å²) in [5.41, 5.74) is 5.60. The lowest BCUT2D eigenvalue weighted by molar-refractivity contribution is 0.351. The Hall–Kier alpha value is -1.87. The summed E-state index contributed by atoms with van der Waals surface area (Å²) in [6.07, 6.45) is 6.56. The summed E-state index contributed by atoms with van der Waals surface area (Å²) in [6.45, 7) is 6.39. The van der Waals surface area contributed by atoms with E-state index in [-0.39, 0.29) is 10.8 Å². The molecule has 1 fully saturated rings. The van der Waals surface area contributed by atoms with Crippen LogP contribution in [0.1, 0.15) is 41.5 Å². The van der Waals surface area contributed by atoms with Gasteiger partial charge in [-0.15, -0.1) is 0 Å². The molecular formula is C21H24ClFN2. The molecule has 1 saturated heterocycles. The number of aliphatic imine (C=N–C) groups is 1. The van der Waals surface area contributed by atoms with E-state index < -0.39 is 0 Å². The van der Waals surface area contributed by atoms with Gasteiger partial charge in [0.05, 0.1) is 17.0 Å². The van der Waals surface area contributed by atoms with Crippen LogP contribution < -0.4 is 0 Å². The molecule has 0 unspecified atom stereocenters. The van der Waals surface area contributed by atoms with Crippen LogP contribution in [0.15, 0.2) is 35.3 Å². The van der Waals surface area contributed by atoms with Crippen LogP contribution in [-0.4, -0.2) is 24.3 Å². The van der Waals surface area contributed by atoms with Gasteiger partial charge in [0, 0.05) is 13.1 Å². The minimum Gasteiger partial charge on any atom is -0.363 e. The van der Waals surface area contributed by atoms with E-state index in [0.717, 1.165) is 36.3 Å². The molecule has 4 heteroatoms. The second kappa shape index (κ2) is 8.01. The molecule has 25 heavy (non-hydrogen) atoms. The fourth-order valence-corrected chi connectivity index (χ4v) is 3.44. The van der Waals surface area contributed by atoms with Crippen LogP contribution in [0.3, 0.4) is 0 Å². The van der Waals surface area contributed by atoms with Gasteiger partial charge in [0.25, 0.3) is 0 Å². The third-order valence-corrected chi connectivity index (χ3v) is 5.07. The molecular weight excluding hydrogens is 335 g/mol. The topological polar surface area (TPSA) is 15.6 Å². The van der Waals surface area contributed by atoms with E-state index in [1.54, 1.807) is 12.1 Å². The molecule has 0 amide bonds. The van der Waals surface area contributed by atoms with Crippen molar-refractivity contribution in [3.8, 4) is 0 Å². The highest BCUT2D eigenvalue weighted by molar-refractivity contribution is 6.30. The normalized spacial score (nSPS) is 15.1. The van der Waals surface area contributed by atoms with Gasteiger partial charge in [0.2, 0.25) is 0 Å². The minimum atomic E-state index is -0.374. The molecule has 1 aliphatic heterocycles. The average molecular weight is 359 g/mol. The monoisotopic (exact) mass is 358 g/mol. The van der Waals surface area contributed by atoms with Crippen LogP contribution in [0, 0.1) is 19.7 Å². The van der Waals surface area contributed by atoms with Crippen molar-refractivity contribution in [1.82, 2.24) is 4.90 Å². The number of hydrogen-bond acceptors (Lipinski definition) is 1. The summed E-state index contributed by atoms with van der Waals surface area (Å²) < 4.78 is 13.3. The summed E-state index contributed by atoms with van der Waals surface area (Å²) in [4.78, 5) is 6.99. The number of halogens is 2. The molecule has 0 saturated carbocycles. The van der Waals surface area contributed by atoms with Gasteiger partial charge in [-0.25, -0.2) is 9.38 Å². The number of hydrogen-bond donors (Lipinski definition) is 0. The Morgan fingerprint density at radius 1 is 1.08 bits per heavy atom. The minimum absolute atomic E-state index is 0.176. The van der Waals surface area contributed by atoms with Crippen molar-refractivity contribution in [2.24, 2.45) is 4.99 Å². The Morgan fingerprint density at radius 2 is 1.84 bits per heavy atom. The van der Waals surface area contributed by atoms with Crippen LogP contribution in [0.2, 0.25) is 5.02 Å². The molecule has 0 aliphatic carbocycles. The highest BCUT2D eigenvalue weighted by atomic mass is 35.5. The molecule has 0 radical (unpaired) electrons. The first-order valence-electron chi connectivity index (χ1n) is 8.85. The average Bonchev–Trinajstić information content (AvgIpc) is 2.61. The van der Waals surface area contributed by atoms with Gasteiger partial charge in [0.15, 0.2) is 0 Å². The van der Waals surface area contributed by atoms with Crippen LogP contribution in [0.5, 0.6) is 0 Å². The van der Waals surface area contributed by atoms with Crippen molar-refractivity contribution in [3.05, 3.63) is 63.4 Å². The van der Waals surface area contributed by atoms with E-state index >= 15 is 0 Å². The van der Waals surface area contributed by atoms with Gasteiger partial charge in [-0.3, -0.25) is 0 Å². The van der Waals surface area contributed by atoms with Crippen LogP contribution in [0.25, 0.3) is 0 Å². The van der Waals surface area contributed by atoms with E-state index in [9.17, 15) is 4.39 Å². The molecule has 132 valence electrons. The Morgan fingerprint density at radius 3 is 2.56 bits per heavy atom. The predicted octanol–water partition coefficient (Wildman–Crippen LogP) is 5.83.